The normalized spacial score (nSPS) is 21.9. The van der Waals surface area contributed by atoms with Crippen molar-refractivity contribution in [1.29, 1.82) is 0 Å². The Hall–Kier alpha value is -2.74. The Bertz CT molecular complexity index is 899. The molecular formula is C20H23FN4O3. The number of likely N-dealkylation sites (tertiary alicyclic amines) is 2. The molecule has 1 atom stereocenters. The third-order valence-electron chi connectivity index (χ3n) is 5.77. The molecule has 2 saturated heterocycles. The van der Waals surface area contributed by atoms with Crippen molar-refractivity contribution in [2.75, 3.05) is 39.9 Å². The maximum atomic E-state index is 14.0. The minimum absolute atomic E-state index is 0.108. The van der Waals surface area contributed by atoms with E-state index < -0.39 is 5.41 Å². The van der Waals surface area contributed by atoms with Gasteiger partial charge in [-0.25, -0.2) is 4.39 Å². The van der Waals surface area contributed by atoms with Crippen molar-refractivity contribution < 1.29 is 18.7 Å². The van der Waals surface area contributed by atoms with Gasteiger partial charge < -0.3 is 14.5 Å². The van der Waals surface area contributed by atoms with Gasteiger partial charge in [0.05, 0.1) is 17.7 Å². The highest BCUT2D eigenvalue weighted by Crippen LogP contribution is 2.41. The third kappa shape index (κ3) is 3.17. The van der Waals surface area contributed by atoms with Crippen LogP contribution in [0.4, 0.5) is 4.39 Å². The van der Waals surface area contributed by atoms with Crippen molar-refractivity contribution in [3.05, 3.63) is 41.8 Å². The Kier molecular flexibility index (Phi) is 4.89. The Balaban J connectivity index is 1.46. The minimum Gasteiger partial charge on any atom is -0.383 e. The van der Waals surface area contributed by atoms with Gasteiger partial charge in [-0.2, -0.15) is 5.10 Å². The summed E-state index contributed by atoms with van der Waals surface area (Å²) < 4.78 is 19.0. The number of nitrogens with one attached hydrogen (secondary N) is 1. The Morgan fingerprint density at radius 3 is 2.89 bits per heavy atom. The third-order valence-corrected chi connectivity index (χ3v) is 5.77. The molecule has 1 aromatic heterocycles. The summed E-state index contributed by atoms with van der Waals surface area (Å²) in [4.78, 5) is 29.2. The first-order valence-electron chi connectivity index (χ1n) is 9.42. The van der Waals surface area contributed by atoms with Gasteiger partial charge in [0.15, 0.2) is 0 Å². The van der Waals surface area contributed by atoms with Crippen LogP contribution in [0.1, 0.15) is 23.3 Å². The van der Waals surface area contributed by atoms with Crippen LogP contribution in [-0.2, 0) is 9.53 Å². The van der Waals surface area contributed by atoms with Crippen molar-refractivity contribution >= 4 is 11.8 Å². The smallest absolute Gasteiger partial charge is 0.271 e. The first-order chi connectivity index (χ1) is 13.5. The van der Waals surface area contributed by atoms with E-state index in [9.17, 15) is 14.0 Å². The molecule has 0 radical (unpaired) electrons. The van der Waals surface area contributed by atoms with Gasteiger partial charge in [-0.15, -0.1) is 0 Å². The summed E-state index contributed by atoms with van der Waals surface area (Å²) in [6.45, 7) is 2.72. The molecule has 1 spiro atoms. The average Bonchev–Trinajstić information content (AvgIpc) is 3.42. The summed E-state index contributed by atoms with van der Waals surface area (Å²) in [5, 5.41) is 6.80. The van der Waals surface area contributed by atoms with Gasteiger partial charge in [0.25, 0.3) is 5.91 Å². The number of aromatic amines is 1. The zero-order chi connectivity index (χ0) is 19.7. The molecule has 0 bridgehead atoms. The number of nitrogens with zero attached hydrogens (tertiary/aromatic N) is 3. The number of ether oxygens (including phenoxy) is 1. The lowest BCUT2D eigenvalue weighted by Crippen LogP contribution is -2.39. The lowest BCUT2D eigenvalue weighted by Gasteiger charge is -2.23. The van der Waals surface area contributed by atoms with Crippen LogP contribution in [0.25, 0.3) is 11.3 Å². The van der Waals surface area contributed by atoms with Crippen molar-refractivity contribution in [1.82, 2.24) is 20.0 Å². The van der Waals surface area contributed by atoms with E-state index in [-0.39, 0.29) is 17.6 Å². The number of methoxy groups -OCH3 is 1. The zero-order valence-electron chi connectivity index (χ0n) is 15.8. The molecule has 2 amide bonds. The number of halogens is 1. The number of aromatic nitrogens is 2. The van der Waals surface area contributed by atoms with Gasteiger partial charge in [0.2, 0.25) is 5.91 Å². The van der Waals surface area contributed by atoms with Crippen LogP contribution in [0.3, 0.4) is 0 Å². The SMILES string of the molecule is COCCN1CCC2(CCN(C(=O)c3cc(-c4ccccc4F)n[nH]3)C2)C1=O. The maximum Gasteiger partial charge on any atom is 0.271 e. The largest absolute Gasteiger partial charge is 0.383 e. The second kappa shape index (κ2) is 7.35. The molecule has 0 aliphatic carbocycles. The predicted octanol–water partition coefficient (Wildman–Crippen LogP) is 1.93. The van der Waals surface area contributed by atoms with Gasteiger partial charge in [-0.1, -0.05) is 12.1 Å². The summed E-state index contributed by atoms with van der Waals surface area (Å²) >= 11 is 0. The van der Waals surface area contributed by atoms with Crippen LogP contribution < -0.4 is 0 Å². The van der Waals surface area contributed by atoms with Crippen LogP contribution >= 0.6 is 0 Å². The first kappa shape index (κ1) is 18.6. The van der Waals surface area contributed by atoms with Crippen LogP contribution in [0.5, 0.6) is 0 Å². The molecule has 0 saturated carbocycles. The lowest BCUT2D eigenvalue weighted by molar-refractivity contribution is -0.135. The minimum atomic E-state index is -0.488. The molecule has 1 aromatic carbocycles. The van der Waals surface area contributed by atoms with Gasteiger partial charge in [0, 0.05) is 38.9 Å². The van der Waals surface area contributed by atoms with E-state index in [0.717, 1.165) is 6.42 Å². The van der Waals surface area contributed by atoms with E-state index in [1.165, 1.54) is 6.07 Å². The van der Waals surface area contributed by atoms with Crippen molar-refractivity contribution in [3.8, 4) is 11.3 Å². The van der Waals surface area contributed by atoms with Gasteiger partial charge in [-0.05, 0) is 31.0 Å². The summed E-state index contributed by atoms with van der Waals surface area (Å²) in [5.74, 6) is -0.493. The molecule has 2 fully saturated rings. The molecule has 28 heavy (non-hydrogen) atoms. The highest BCUT2D eigenvalue weighted by molar-refractivity contribution is 5.95. The molecule has 2 aliphatic rings. The van der Waals surface area contributed by atoms with E-state index in [4.69, 9.17) is 4.74 Å². The summed E-state index contributed by atoms with van der Waals surface area (Å²) in [6.07, 6.45) is 1.41. The summed E-state index contributed by atoms with van der Waals surface area (Å²) in [6, 6.07) is 7.87. The number of H-pyrrole nitrogens is 1. The topological polar surface area (TPSA) is 78.5 Å². The van der Waals surface area contributed by atoms with Gasteiger partial charge in [-0.3, -0.25) is 14.7 Å². The molecular weight excluding hydrogens is 363 g/mol. The fourth-order valence-corrected chi connectivity index (χ4v) is 4.14. The predicted molar refractivity (Wildman–Crippen MR) is 100 cm³/mol. The lowest BCUT2D eigenvalue weighted by atomic mass is 9.85. The maximum absolute atomic E-state index is 14.0. The van der Waals surface area contributed by atoms with E-state index >= 15 is 0 Å². The van der Waals surface area contributed by atoms with Gasteiger partial charge in [0.1, 0.15) is 11.5 Å². The van der Waals surface area contributed by atoms with Crippen molar-refractivity contribution in [2.45, 2.75) is 12.8 Å². The Morgan fingerprint density at radius 1 is 1.32 bits per heavy atom. The number of amides is 2. The molecule has 8 heteroatoms. The van der Waals surface area contributed by atoms with Crippen LogP contribution in [0.15, 0.2) is 30.3 Å². The molecule has 1 N–H and O–H groups in total. The summed E-state index contributed by atoms with van der Waals surface area (Å²) in [5.41, 5.74) is 0.545. The Labute approximate surface area is 162 Å². The van der Waals surface area contributed by atoms with E-state index in [2.05, 4.69) is 10.2 Å². The molecule has 2 aromatic rings. The molecule has 1 unspecified atom stereocenters. The monoisotopic (exact) mass is 386 g/mol. The second-order valence-electron chi connectivity index (χ2n) is 7.44. The van der Waals surface area contributed by atoms with E-state index in [1.54, 1.807) is 36.3 Å². The fraction of sp³-hybridized carbons (Fsp3) is 0.450. The van der Waals surface area contributed by atoms with Crippen LogP contribution in [-0.4, -0.2) is 71.7 Å². The number of hydrogen-bond donors (Lipinski definition) is 1. The highest BCUT2D eigenvalue weighted by Gasteiger charge is 2.51. The molecule has 4 rings (SSSR count). The number of carbonyl (C=O) groups is 2. The highest BCUT2D eigenvalue weighted by atomic mass is 19.1. The molecule has 2 aliphatic heterocycles. The summed E-state index contributed by atoms with van der Waals surface area (Å²) in [7, 11) is 1.62. The average molecular weight is 386 g/mol. The molecule has 7 nitrogen and oxygen atoms in total. The standard InChI is InChI=1S/C20H23FN4O3/c1-28-11-10-24-8-6-20(19(24)27)7-9-25(13-20)18(26)17-12-16(22-23-17)14-4-2-3-5-15(14)21/h2-5,12H,6-11,13H2,1H3,(H,22,23). The quantitative estimate of drug-likeness (QED) is 0.852. The second-order valence-corrected chi connectivity index (χ2v) is 7.44. The number of rotatable bonds is 5. The van der Waals surface area contributed by atoms with Crippen molar-refractivity contribution in [2.24, 2.45) is 5.41 Å². The first-order valence-corrected chi connectivity index (χ1v) is 9.42. The van der Waals surface area contributed by atoms with E-state index in [0.29, 0.717) is 56.2 Å². The molecule has 3 heterocycles. The van der Waals surface area contributed by atoms with Crippen molar-refractivity contribution in [3.63, 3.8) is 0 Å². The molecule has 148 valence electrons. The number of carbonyl (C=O) groups excluding carboxylic acids is 2. The van der Waals surface area contributed by atoms with Crippen LogP contribution in [0, 0.1) is 11.2 Å². The number of benzene rings is 1. The Morgan fingerprint density at radius 2 is 2.11 bits per heavy atom. The number of hydrogen-bond acceptors (Lipinski definition) is 4. The van der Waals surface area contributed by atoms with E-state index in [1.807, 2.05) is 4.90 Å². The van der Waals surface area contributed by atoms with Crippen LogP contribution in [0.2, 0.25) is 0 Å². The zero-order valence-corrected chi connectivity index (χ0v) is 15.8. The fourth-order valence-electron chi connectivity index (χ4n) is 4.14. The van der Waals surface area contributed by atoms with Gasteiger partial charge >= 0.3 is 0 Å².